The average molecular weight is 537 g/mol. The van der Waals surface area contributed by atoms with Crippen LogP contribution < -0.4 is 15.3 Å². The van der Waals surface area contributed by atoms with Gasteiger partial charge in [-0.2, -0.15) is 0 Å². The van der Waals surface area contributed by atoms with Crippen molar-refractivity contribution in [3.8, 4) is 5.75 Å². The third-order valence-electron chi connectivity index (χ3n) is 8.16. The number of carbonyl (C=O) groups excluding carboxylic acids is 1. The minimum atomic E-state index is -0.955. The number of pyridine rings is 1. The molecule has 202 valence electrons. The first-order valence-corrected chi connectivity index (χ1v) is 13.0. The molecule has 2 aromatic carbocycles. The van der Waals surface area contributed by atoms with Crippen LogP contribution in [0.25, 0.3) is 0 Å². The highest BCUT2D eigenvalue weighted by molar-refractivity contribution is 5.96. The van der Waals surface area contributed by atoms with Gasteiger partial charge in [-0.3, -0.25) is 19.3 Å². The van der Waals surface area contributed by atoms with Crippen LogP contribution in [-0.2, 0) is 9.47 Å². The molecular formula is C28H26F2N4O5. The number of nitrogens with zero attached hydrogens (tertiary/aromatic N) is 4. The summed E-state index contributed by atoms with van der Waals surface area (Å²) in [6.45, 7) is 2.00. The summed E-state index contributed by atoms with van der Waals surface area (Å²) >= 11 is 0. The lowest BCUT2D eigenvalue weighted by Crippen LogP contribution is -2.62. The van der Waals surface area contributed by atoms with E-state index < -0.39 is 47.0 Å². The molecule has 0 bridgehead atoms. The quantitative estimate of drug-likeness (QED) is 0.512. The van der Waals surface area contributed by atoms with E-state index in [1.54, 1.807) is 11.0 Å². The summed E-state index contributed by atoms with van der Waals surface area (Å²) in [5.74, 6) is -3.04. The van der Waals surface area contributed by atoms with Crippen molar-refractivity contribution in [1.82, 2.24) is 9.58 Å². The normalized spacial score (nSPS) is 24.1. The molecule has 2 saturated heterocycles. The highest BCUT2D eigenvalue weighted by Crippen LogP contribution is 2.48. The van der Waals surface area contributed by atoms with Gasteiger partial charge in [-0.1, -0.05) is 24.3 Å². The number of aromatic nitrogens is 1. The number of fused-ring (bicyclic) bond motifs is 7. The van der Waals surface area contributed by atoms with Crippen LogP contribution in [0.15, 0.2) is 53.5 Å². The largest absolute Gasteiger partial charge is 0.502 e. The Morgan fingerprint density at radius 3 is 2.56 bits per heavy atom. The standard InChI is InChI=1S/C28H26F2N4O5/c29-18-6-5-17-23(24(18)30)20-15-39-14-10-31(20)19-4-2-1-3-16(19)25(17)34-22-8-12-38-13-11-32(22)28(37)26-27(36)21(35)7-9-33(26)34/h1-7,9,20,22,25,36H,8,10-15H2. The molecule has 3 unspecified atom stereocenters. The summed E-state index contributed by atoms with van der Waals surface area (Å²) in [6, 6.07) is 10.3. The number of anilines is 1. The first-order valence-electron chi connectivity index (χ1n) is 13.0. The van der Waals surface area contributed by atoms with Crippen molar-refractivity contribution < 1.29 is 28.2 Å². The van der Waals surface area contributed by atoms with Crippen molar-refractivity contribution >= 4 is 11.6 Å². The average Bonchev–Trinajstić information content (AvgIpc) is 3.27. The number of morpholine rings is 1. The van der Waals surface area contributed by atoms with Crippen LogP contribution in [0.1, 0.15) is 45.7 Å². The lowest BCUT2D eigenvalue weighted by Gasteiger charge is -2.49. The molecule has 5 heterocycles. The van der Waals surface area contributed by atoms with Crippen molar-refractivity contribution in [2.45, 2.75) is 24.7 Å². The van der Waals surface area contributed by atoms with E-state index in [0.29, 0.717) is 38.3 Å². The number of ether oxygens (including phenoxy) is 2. The Kier molecular flexibility index (Phi) is 5.60. The number of carbonyl (C=O) groups is 1. The Balaban J connectivity index is 1.56. The molecule has 39 heavy (non-hydrogen) atoms. The summed E-state index contributed by atoms with van der Waals surface area (Å²) in [5, 5.41) is 12.7. The maximum atomic E-state index is 15.8. The van der Waals surface area contributed by atoms with E-state index in [1.807, 2.05) is 34.2 Å². The highest BCUT2D eigenvalue weighted by Gasteiger charge is 2.47. The smallest absolute Gasteiger partial charge is 0.278 e. The molecule has 0 radical (unpaired) electrons. The minimum absolute atomic E-state index is 0.174. The fourth-order valence-corrected chi connectivity index (χ4v) is 6.48. The minimum Gasteiger partial charge on any atom is -0.502 e. The van der Waals surface area contributed by atoms with Gasteiger partial charge >= 0.3 is 0 Å². The van der Waals surface area contributed by atoms with E-state index in [4.69, 9.17) is 9.47 Å². The zero-order valence-electron chi connectivity index (χ0n) is 20.9. The summed E-state index contributed by atoms with van der Waals surface area (Å²) in [4.78, 5) is 29.8. The van der Waals surface area contributed by atoms with Gasteiger partial charge in [0.1, 0.15) is 12.2 Å². The monoisotopic (exact) mass is 536 g/mol. The Bertz CT molecular complexity index is 1540. The summed E-state index contributed by atoms with van der Waals surface area (Å²) in [5.41, 5.74) is 1.51. The van der Waals surface area contributed by atoms with Gasteiger partial charge in [-0.25, -0.2) is 8.78 Å². The molecule has 3 aromatic rings. The van der Waals surface area contributed by atoms with Gasteiger partial charge < -0.3 is 24.4 Å². The number of amides is 1. The lowest BCUT2D eigenvalue weighted by molar-refractivity contribution is 0.0557. The Labute approximate surface area is 222 Å². The molecule has 1 aromatic heterocycles. The van der Waals surface area contributed by atoms with Crippen molar-refractivity contribution in [3.05, 3.63) is 92.9 Å². The zero-order valence-corrected chi connectivity index (χ0v) is 20.9. The molecule has 2 fully saturated rings. The topological polar surface area (TPSA) is 87.5 Å². The number of hydrogen-bond donors (Lipinski definition) is 1. The summed E-state index contributed by atoms with van der Waals surface area (Å²) in [7, 11) is 0. The lowest BCUT2D eigenvalue weighted by atomic mass is 9.91. The molecule has 4 aliphatic heterocycles. The Hall–Kier alpha value is -3.96. The van der Waals surface area contributed by atoms with E-state index in [1.165, 1.54) is 16.9 Å². The number of aromatic hydroxyl groups is 1. The van der Waals surface area contributed by atoms with Crippen molar-refractivity contribution in [2.75, 3.05) is 49.4 Å². The van der Waals surface area contributed by atoms with Crippen LogP contribution in [0.5, 0.6) is 5.75 Å². The molecule has 11 heteroatoms. The van der Waals surface area contributed by atoms with Gasteiger partial charge in [0, 0.05) is 48.6 Å². The van der Waals surface area contributed by atoms with Crippen molar-refractivity contribution in [1.29, 1.82) is 0 Å². The zero-order chi connectivity index (χ0) is 26.8. The number of rotatable bonds is 1. The SMILES string of the molecule is O=C1c2c(O)c(=O)ccn2N(C2c3ccccc3N3CCOCC3c3c2ccc(F)c3F)C2CCOCCN12. The van der Waals surface area contributed by atoms with Crippen molar-refractivity contribution in [3.63, 3.8) is 0 Å². The second-order valence-electron chi connectivity index (χ2n) is 10.1. The molecule has 9 nitrogen and oxygen atoms in total. The van der Waals surface area contributed by atoms with Crippen LogP contribution in [-0.4, -0.2) is 66.3 Å². The maximum absolute atomic E-state index is 15.8. The maximum Gasteiger partial charge on any atom is 0.278 e. The Morgan fingerprint density at radius 2 is 1.69 bits per heavy atom. The van der Waals surface area contributed by atoms with Gasteiger partial charge in [-0.15, -0.1) is 0 Å². The summed E-state index contributed by atoms with van der Waals surface area (Å²) < 4.78 is 43.6. The molecule has 7 rings (SSSR count). The predicted octanol–water partition coefficient (Wildman–Crippen LogP) is 2.65. The first kappa shape index (κ1) is 24.1. The van der Waals surface area contributed by atoms with Gasteiger partial charge in [-0.05, 0) is 17.7 Å². The second-order valence-corrected chi connectivity index (χ2v) is 10.1. The fraction of sp³-hybridized carbons (Fsp3) is 0.357. The van der Waals surface area contributed by atoms with E-state index >= 15 is 4.39 Å². The molecule has 3 atom stereocenters. The van der Waals surface area contributed by atoms with Gasteiger partial charge in [0.05, 0.1) is 32.5 Å². The van der Waals surface area contributed by atoms with Crippen LogP contribution >= 0.6 is 0 Å². The molecule has 1 N–H and O–H groups in total. The number of halogens is 2. The predicted molar refractivity (Wildman–Crippen MR) is 136 cm³/mol. The van der Waals surface area contributed by atoms with Crippen molar-refractivity contribution in [2.24, 2.45) is 0 Å². The van der Waals surface area contributed by atoms with Crippen LogP contribution in [0.2, 0.25) is 0 Å². The first-order chi connectivity index (χ1) is 19.0. The third kappa shape index (κ3) is 3.49. The van der Waals surface area contributed by atoms with E-state index in [9.17, 15) is 19.1 Å². The van der Waals surface area contributed by atoms with Crippen LogP contribution in [0.4, 0.5) is 14.5 Å². The molecule has 0 aliphatic carbocycles. The van der Waals surface area contributed by atoms with E-state index in [-0.39, 0.29) is 24.4 Å². The molecule has 0 spiro atoms. The second kappa shape index (κ2) is 9.06. The van der Waals surface area contributed by atoms with Gasteiger partial charge in [0.2, 0.25) is 5.43 Å². The van der Waals surface area contributed by atoms with E-state index in [0.717, 1.165) is 17.3 Å². The third-order valence-corrected chi connectivity index (χ3v) is 8.16. The van der Waals surface area contributed by atoms with Gasteiger partial charge in [0.25, 0.3) is 5.91 Å². The van der Waals surface area contributed by atoms with E-state index in [2.05, 4.69) is 0 Å². The highest BCUT2D eigenvalue weighted by atomic mass is 19.2. The van der Waals surface area contributed by atoms with Gasteiger partial charge in [0.15, 0.2) is 23.1 Å². The Morgan fingerprint density at radius 1 is 0.897 bits per heavy atom. The fourth-order valence-electron chi connectivity index (χ4n) is 6.48. The summed E-state index contributed by atoms with van der Waals surface area (Å²) in [6.07, 6.45) is 1.33. The van der Waals surface area contributed by atoms with Crippen LogP contribution in [0.3, 0.4) is 0 Å². The molecule has 0 saturated carbocycles. The van der Waals surface area contributed by atoms with Crippen LogP contribution in [0, 0.1) is 11.6 Å². The number of para-hydroxylation sites is 1. The number of hydrogen-bond acceptors (Lipinski definition) is 7. The molecular weight excluding hydrogens is 510 g/mol. The number of benzene rings is 2. The molecule has 1 amide bonds. The molecule has 4 aliphatic rings.